The molecule has 2 unspecified atom stereocenters. The molecule has 1 amide bonds. The molecule has 2 atom stereocenters. The zero-order valence-corrected chi connectivity index (χ0v) is 20.4. The monoisotopic (exact) mass is 480 g/mol. The van der Waals surface area contributed by atoms with Crippen LogP contribution in [0.1, 0.15) is 29.4 Å². The van der Waals surface area contributed by atoms with Crippen molar-refractivity contribution < 1.29 is 4.79 Å². The average Bonchev–Trinajstić information content (AvgIpc) is 3.56. The SMILES string of the molecule is O=C(C1CC(c2ccccc2)NN1)N1CCN(Cc2nc3ccccc3n2Cc2ccccc2)CC1. The highest BCUT2D eigenvalue weighted by molar-refractivity contribution is 5.82. The molecule has 0 aliphatic carbocycles. The Balaban J connectivity index is 1.09. The molecule has 0 bridgehead atoms. The molecule has 2 aliphatic heterocycles. The van der Waals surface area contributed by atoms with Crippen molar-refractivity contribution >= 4 is 16.9 Å². The average molecular weight is 481 g/mol. The summed E-state index contributed by atoms with van der Waals surface area (Å²) >= 11 is 0. The summed E-state index contributed by atoms with van der Waals surface area (Å²) in [5.41, 5.74) is 11.2. The second kappa shape index (κ2) is 10.2. The zero-order valence-electron chi connectivity index (χ0n) is 20.4. The van der Waals surface area contributed by atoms with Gasteiger partial charge in [-0.2, -0.15) is 0 Å². The Morgan fingerprint density at radius 1 is 0.806 bits per heavy atom. The molecule has 6 rings (SSSR count). The summed E-state index contributed by atoms with van der Waals surface area (Å²) in [5.74, 6) is 1.27. The van der Waals surface area contributed by atoms with E-state index >= 15 is 0 Å². The van der Waals surface area contributed by atoms with Gasteiger partial charge in [0.2, 0.25) is 5.91 Å². The fraction of sp³-hybridized carbons (Fsp3) is 0.310. The van der Waals surface area contributed by atoms with E-state index in [0.29, 0.717) is 0 Å². The maximum absolute atomic E-state index is 13.2. The molecule has 2 fully saturated rings. The quantitative estimate of drug-likeness (QED) is 0.443. The van der Waals surface area contributed by atoms with Crippen LogP contribution in [0.15, 0.2) is 84.9 Å². The minimum absolute atomic E-state index is 0.166. The van der Waals surface area contributed by atoms with Gasteiger partial charge in [0, 0.05) is 38.8 Å². The summed E-state index contributed by atoms with van der Waals surface area (Å²) in [6, 6.07) is 29.2. The molecule has 3 aromatic carbocycles. The van der Waals surface area contributed by atoms with Crippen LogP contribution in [0.5, 0.6) is 0 Å². The van der Waals surface area contributed by atoms with Crippen LogP contribution in [-0.4, -0.2) is 57.5 Å². The van der Waals surface area contributed by atoms with Gasteiger partial charge in [-0.15, -0.1) is 0 Å². The number of rotatable bonds is 6. The number of carbonyl (C=O) groups is 1. The van der Waals surface area contributed by atoms with E-state index in [1.807, 2.05) is 29.2 Å². The molecule has 7 heteroatoms. The van der Waals surface area contributed by atoms with Crippen molar-refractivity contribution in [1.82, 2.24) is 30.2 Å². The molecular formula is C29H32N6O. The molecule has 2 N–H and O–H groups in total. The number of piperazine rings is 1. The minimum Gasteiger partial charge on any atom is -0.339 e. The van der Waals surface area contributed by atoms with Gasteiger partial charge in [0.15, 0.2) is 0 Å². The summed E-state index contributed by atoms with van der Waals surface area (Å²) < 4.78 is 2.33. The minimum atomic E-state index is -0.183. The van der Waals surface area contributed by atoms with Crippen LogP contribution in [-0.2, 0) is 17.9 Å². The maximum Gasteiger partial charge on any atom is 0.241 e. The van der Waals surface area contributed by atoms with Crippen LogP contribution in [0.2, 0.25) is 0 Å². The Morgan fingerprint density at radius 3 is 2.28 bits per heavy atom. The van der Waals surface area contributed by atoms with Crippen molar-refractivity contribution in [2.45, 2.75) is 31.6 Å². The van der Waals surface area contributed by atoms with Crippen molar-refractivity contribution in [1.29, 1.82) is 0 Å². The summed E-state index contributed by atoms with van der Waals surface area (Å²) in [6.07, 6.45) is 0.770. The second-order valence-electron chi connectivity index (χ2n) is 9.73. The number of hydrogen-bond donors (Lipinski definition) is 2. The predicted molar refractivity (Wildman–Crippen MR) is 141 cm³/mol. The van der Waals surface area contributed by atoms with E-state index in [1.165, 1.54) is 11.1 Å². The normalized spacial score (nSPS) is 20.7. The molecule has 0 radical (unpaired) electrons. The third-order valence-electron chi connectivity index (χ3n) is 7.37. The fourth-order valence-electron chi connectivity index (χ4n) is 5.36. The third-order valence-corrected chi connectivity index (χ3v) is 7.37. The molecule has 184 valence electrons. The highest BCUT2D eigenvalue weighted by Crippen LogP contribution is 2.24. The van der Waals surface area contributed by atoms with Crippen LogP contribution >= 0.6 is 0 Å². The number of carbonyl (C=O) groups excluding carboxylic acids is 1. The van der Waals surface area contributed by atoms with Crippen LogP contribution in [0, 0.1) is 0 Å². The highest BCUT2D eigenvalue weighted by atomic mass is 16.2. The smallest absolute Gasteiger partial charge is 0.241 e. The molecule has 3 heterocycles. The lowest BCUT2D eigenvalue weighted by Crippen LogP contribution is -2.53. The van der Waals surface area contributed by atoms with Gasteiger partial charge in [0.25, 0.3) is 0 Å². The van der Waals surface area contributed by atoms with Crippen molar-refractivity contribution in [2.75, 3.05) is 26.2 Å². The molecule has 7 nitrogen and oxygen atoms in total. The standard InChI is InChI=1S/C29H32N6O/c36-29(26-19-25(31-32-26)23-11-5-2-6-12-23)34-17-15-33(16-18-34)21-28-30-24-13-7-8-14-27(24)35(28)20-22-9-3-1-4-10-22/h1-14,25-26,31-32H,15-21H2. The molecule has 0 saturated carbocycles. The molecule has 4 aromatic rings. The van der Waals surface area contributed by atoms with Crippen LogP contribution in [0.3, 0.4) is 0 Å². The lowest BCUT2D eigenvalue weighted by Gasteiger charge is -2.35. The summed E-state index contributed by atoms with van der Waals surface area (Å²) in [7, 11) is 0. The van der Waals surface area contributed by atoms with Gasteiger partial charge in [-0.05, 0) is 29.7 Å². The fourth-order valence-corrected chi connectivity index (χ4v) is 5.36. The van der Waals surface area contributed by atoms with Crippen molar-refractivity contribution in [2.24, 2.45) is 0 Å². The molecule has 2 aliphatic rings. The number of hydrazine groups is 1. The van der Waals surface area contributed by atoms with E-state index in [0.717, 1.165) is 62.5 Å². The van der Waals surface area contributed by atoms with E-state index in [1.54, 1.807) is 0 Å². The number of aromatic nitrogens is 2. The first-order chi connectivity index (χ1) is 17.7. The topological polar surface area (TPSA) is 65.4 Å². The Labute approximate surface area is 211 Å². The molecular weight excluding hydrogens is 448 g/mol. The Bertz CT molecular complexity index is 1310. The van der Waals surface area contributed by atoms with Crippen LogP contribution < -0.4 is 10.9 Å². The van der Waals surface area contributed by atoms with E-state index in [-0.39, 0.29) is 18.0 Å². The van der Waals surface area contributed by atoms with E-state index < -0.39 is 0 Å². The first kappa shape index (κ1) is 22.9. The van der Waals surface area contributed by atoms with Crippen LogP contribution in [0.25, 0.3) is 11.0 Å². The number of fused-ring (bicyclic) bond motifs is 1. The Morgan fingerprint density at radius 2 is 1.50 bits per heavy atom. The lowest BCUT2D eigenvalue weighted by molar-refractivity contribution is -0.135. The van der Waals surface area contributed by atoms with Crippen LogP contribution in [0.4, 0.5) is 0 Å². The van der Waals surface area contributed by atoms with E-state index in [9.17, 15) is 4.79 Å². The second-order valence-corrected chi connectivity index (χ2v) is 9.73. The lowest BCUT2D eigenvalue weighted by atomic mass is 10.0. The zero-order chi connectivity index (χ0) is 24.3. The largest absolute Gasteiger partial charge is 0.339 e. The summed E-state index contributed by atoms with van der Waals surface area (Å²) in [5, 5.41) is 0. The number of amides is 1. The van der Waals surface area contributed by atoms with Gasteiger partial charge in [-0.25, -0.2) is 15.8 Å². The number of imidazole rings is 1. The number of nitrogens with zero attached hydrogens (tertiary/aromatic N) is 4. The highest BCUT2D eigenvalue weighted by Gasteiger charge is 2.34. The number of benzene rings is 3. The van der Waals surface area contributed by atoms with Gasteiger partial charge < -0.3 is 9.47 Å². The van der Waals surface area contributed by atoms with E-state index in [4.69, 9.17) is 4.98 Å². The first-order valence-corrected chi connectivity index (χ1v) is 12.8. The Hall–Kier alpha value is -3.52. The maximum atomic E-state index is 13.2. The van der Waals surface area contributed by atoms with Crippen molar-refractivity contribution in [3.05, 3.63) is 102 Å². The van der Waals surface area contributed by atoms with E-state index in [2.05, 4.69) is 81.0 Å². The Kier molecular flexibility index (Phi) is 6.51. The first-order valence-electron chi connectivity index (χ1n) is 12.8. The third kappa shape index (κ3) is 4.78. The number of nitrogens with one attached hydrogen (secondary N) is 2. The number of para-hydroxylation sites is 2. The van der Waals surface area contributed by atoms with Gasteiger partial charge in [-0.1, -0.05) is 72.8 Å². The molecule has 0 spiro atoms. The number of hydrogen-bond acceptors (Lipinski definition) is 5. The van der Waals surface area contributed by atoms with Gasteiger partial charge in [0.05, 0.1) is 17.6 Å². The van der Waals surface area contributed by atoms with Crippen molar-refractivity contribution in [3.63, 3.8) is 0 Å². The molecule has 1 aromatic heterocycles. The summed E-state index contributed by atoms with van der Waals surface area (Å²) in [6.45, 7) is 4.77. The molecule has 2 saturated heterocycles. The van der Waals surface area contributed by atoms with Gasteiger partial charge in [-0.3, -0.25) is 9.69 Å². The van der Waals surface area contributed by atoms with Gasteiger partial charge in [0.1, 0.15) is 11.9 Å². The van der Waals surface area contributed by atoms with Crippen molar-refractivity contribution in [3.8, 4) is 0 Å². The molecule has 36 heavy (non-hydrogen) atoms. The predicted octanol–water partition coefficient (Wildman–Crippen LogP) is 3.34. The van der Waals surface area contributed by atoms with Gasteiger partial charge >= 0.3 is 0 Å². The summed E-state index contributed by atoms with van der Waals surface area (Å²) in [4.78, 5) is 22.6.